The molecule has 3 N–H and O–H groups in total. The molecule has 0 aromatic carbocycles. The van der Waals surface area contributed by atoms with Gasteiger partial charge in [0, 0.05) is 18.6 Å². The van der Waals surface area contributed by atoms with Crippen molar-refractivity contribution < 1.29 is 4.79 Å². The van der Waals surface area contributed by atoms with Crippen LogP contribution in [0, 0.1) is 5.41 Å². The zero-order valence-corrected chi connectivity index (χ0v) is 12.6. The Labute approximate surface area is 124 Å². The van der Waals surface area contributed by atoms with Crippen LogP contribution >= 0.6 is 0 Å². The van der Waals surface area contributed by atoms with Crippen molar-refractivity contribution >= 4 is 11.6 Å². The van der Waals surface area contributed by atoms with Crippen LogP contribution in [-0.2, 0) is 11.3 Å². The molecule has 1 atom stereocenters. The summed E-state index contributed by atoms with van der Waals surface area (Å²) in [4.78, 5) is 16.0. The minimum absolute atomic E-state index is 0.203. The third-order valence-corrected chi connectivity index (χ3v) is 3.21. The summed E-state index contributed by atoms with van der Waals surface area (Å²) in [6.07, 6.45) is 6.88. The number of rotatable bonds is 4. The van der Waals surface area contributed by atoms with E-state index >= 15 is 0 Å². The number of nitrogens with two attached hydrogens (primary N) is 1. The van der Waals surface area contributed by atoms with E-state index in [1.165, 1.54) is 0 Å². The number of aromatic nitrogens is 3. The number of nitrogens with one attached hydrogen (secondary N) is 1. The quantitative estimate of drug-likeness (QED) is 0.895. The van der Waals surface area contributed by atoms with Gasteiger partial charge in [0.05, 0.1) is 24.5 Å². The van der Waals surface area contributed by atoms with Crippen LogP contribution in [0.4, 0.5) is 5.69 Å². The first-order valence-corrected chi connectivity index (χ1v) is 6.84. The average molecular weight is 287 g/mol. The van der Waals surface area contributed by atoms with Gasteiger partial charge in [0.25, 0.3) is 0 Å². The second kappa shape index (κ2) is 6.05. The first kappa shape index (κ1) is 15.2. The normalized spacial score (nSPS) is 13.0. The number of pyridine rings is 1. The Morgan fingerprint density at radius 1 is 1.38 bits per heavy atom. The fourth-order valence-corrected chi connectivity index (χ4v) is 1.80. The van der Waals surface area contributed by atoms with Crippen LogP contribution in [0.25, 0.3) is 0 Å². The largest absolute Gasteiger partial charge is 0.322 e. The van der Waals surface area contributed by atoms with Crippen LogP contribution in [0.1, 0.15) is 26.3 Å². The van der Waals surface area contributed by atoms with Gasteiger partial charge in [-0.3, -0.25) is 14.5 Å². The van der Waals surface area contributed by atoms with Crippen molar-refractivity contribution in [2.24, 2.45) is 11.1 Å². The van der Waals surface area contributed by atoms with Gasteiger partial charge in [0.1, 0.15) is 0 Å². The SMILES string of the molecule is CC(C)(C)[C@H](N)C(=O)Nc1cnn(Cc2ccncc2)c1. The zero-order chi connectivity index (χ0) is 15.5. The Morgan fingerprint density at radius 3 is 2.67 bits per heavy atom. The Kier molecular flexibility index (Phi) is 4.37. The summed E-state index contributed by atoms with van der Waals surface area (Å²) in [5.41, 5.74) is 7.39. The predicted octanol–water partition coefficient (Wildman–Crippen LogP) is 1.64. The highest BCUT2D eigenvalue weighted by molar-refractivity contribution is 5.94. The van der Waals surface area contributed by atoms with Crippen molar-refractivity contribution in [1.82, 2.24) is 14.8 Å². The molecule has 6 nitrogen and oxygen atoms in total. The second-order valence-electron chi connectivity index (χ2n) is 6.11. The van der Waals surface area contributed by atoms with Crippen LogP contribution in [0.15, 0.2) is 36.9 Å². The van der Waals surface area contributed by atoms with E-state index in [0.29, 0.717) is 12.2 Å². The van der Waals surface area contributed by atoms with E-state index in [2.05, 4.69) is 15.4 Å². The van der Waals surface area contributed by atoms with E-state index < -0.39 is 6.04 Å². The first-order chi connectivity index (χ1) is 9.86. The molecule has 2 aromatic heterocycles. The molecule has 2 aromatic rings. The van der Waals surface area contributed by atoms with Gasteiger partial charge in [-0.15, -0.1) is 0 Å². The van der Waals surface area contributed by atoms with Crippen LogP contribution < -0.4 is 11.1 Å². The van der Waals surface area contributed by atoms with Gasteiger partial charge in [-0.1, -0.05) is 20.8 Å². The van der Waals surface area contributed by atoms with Crippen molar-refractivity contribution in [3.05, 3.63) is 42.5 Å². The molecule has 0 fully saturated rings. The minimum atomic E-state index is -0.568. The Bertz CT molecular complexity index is 600. The summed E-state index contributed by atoms with van der Waals surface area (Å²) >= 11 is 0. The van der Waals surface area contributed by atoms with Gasteiger partial charge >= 0.3 is 0 Å². The summed E-state index contributed by atoms with van der Waals surface area (Å²) in [7, 11) is 0. The number of carbonyl (C=O) groups excluding carboxylic acids is 1. The topological polar surface area (TPSA) is 85.8 Å². The lowest BCUT2D eigenvalue weighted by Crippen LogP contribution is -2.45. The average Bonchev–Trinajstić information content (AvgIpc) is 2.85. The Morgan fingerprint density at radius 2 is 2.05 bits per heavy atom. The molecule has 0 spiro atoms. The van der Waals surface area contributed by atoms with Crippen molar-refractivity contribution in [3.63, 3.8) is 0 Å². The van der Waals surface area contributed by atoms with Gasteiger partial charge < -0.3 is 11.1 Å². The van der Waals surface area contributed by atoms with E-state index in [-0.39, 0.29) is 11.3 Å². The smallest absolute Gasteiger partial charge is 0.241 e. The van der Waals surface area contributed by atoms with Gasteiger partial charge in [-0.2, -0.15) is 5.10 Å². The Hall–Kier alpha value is -2.21. The molecule has 0 aliphatic carbocycles. The lowest BCUT2D eigenvalue weighted by Gasteiger charge is -2.25. The maximum Gasteiger partial charge on any atom is 0.241 e. The van der Waals surface area contributed by atoms with E-state index in [4.69, 9.17) is 5.73 Å². The van der Waals surface area contributed by atoms with Crippen molar-refractivity contribution in [1.29, 1.82) is 0 Å². The monoisotopic (exact) mass is 287 g/mol. The van der Waals surface area contributed by atoms with Crippen LogP contribution in [0.2, 0.25) is 0 Å². The highest BCUT2D eigenvalue weighted by Crippen LogP contribution is 2.18. The number of nitrogens with zero attached hydrogens (tertiary/aromatic N) is 3. The molecule has 0 bridgehead atoms. The number of amides is 1. The maximum atomic E-state index is 12.0. The Balaban J connectivity index is 1.99. The lowest BCUT2D eigenvalue weighted by atomic mass is 9.87. The first-order valence-electron chi connectivity index (χ1n) is 6.84. The summed E-state index contributed by atoms with van der Waals surface area (Å²) in [5.74, 6) is -0.203. The number of hydrogen-bond donors (Lipinski definition) is 2. The van der Waals surface area contributed by atoms with Crippen LogP contribution in [0.5, 0.6) is 0 Å². The lowest BCUT2D eigenvalue weighted by molar-refractivity contribution is -0.119. The van der Waals surface area contributed by atoms with Crippen molar-refractivity contribution in [2.75, 3.05) is 5.32 Å². The molecule has 0 aliphatic heterocycles. The molecule has 2 heterocycles. The highest BCUT2D eigenvalue weighted by atomic mass is 16.2. The van der Waals surface area contributed by atoms with Gasteiger partial charge in [-0.25, -0.2) is 0 Å². The van der Waals surface area contributed by atoms with Crippen LogP contribution in [0.3, 0.4) is 0 Å². The molecular formula is C15H21N5O. The molecule has 112 valence electrons. The van der Waals surface area contributed by atoms with Crippen LogP contribution in [-0.4, -0.2) is 26.7 Å². The molecule has 0 radical (unpaired) electrons. The predicted molar refractivity (Wildman–Crippen MR) is 81.6 cm³/mol. The molecule has 6 heteroatoms. The summed E-state index contributed by atoms with van der Waals surface area (Å²) < 4.78 is 1.76. The third-order valence-electron chi connectivity index (χ3n) is 3.21. The molecule has 21 heavy (non-hydrogen) atoms. The fourth-order valence-electron chi connectivity index (χ4n) is 1.80. The maximum absolute atomic E-state index is 12.0. The third kappa shape index (κ3) is 4.13. The molecule has 0 saturated heterocycles. The minimum Gasteiger partial charge on any atom is -0.322 e. The highest BCUT2D eigenvalue weighted by Gasteiger charge is 2.27. The van der Waals surface area contributed by atoms with E-state index in [0.717, 1.165) is 5.56 Å². The number of anilines is 1. The molecule has 0 aliphatic rings. The molecule has 1 amide bonds. The summed E-state index contributed by atoms with van der Waals surface area (Å²) in [6.45, 7) is 6.43. The fraction of sp³-hybridized carbons (Fsp3) is 0.400. The number of hydrogen-bond acceptors (Lipinski definition) is 4. The summed E-state index contributed by atoms with van der Waals surface area (Å²) in [6, 6.07) is 3.28. The molecule has 2 rings (SSSR count). The van der Waals surface area contributed by atoms with Crippen molar-refractivity contribution in [2.45, 2.75) is 33.4 Å². The zero-order valence-electron chi connectivity index (χ0n) is 12.6. The van der Waals surface area contributed by atoms with E-state index in [1.54, 1.807) is 29.5 Å². The van der Waals surface area contributed by atoms with Gasteiger partial charge in [0.15, 0.2) is 0 Å². The second-order valence-corrected chi connectivity index (χ2v) is 6.11. The van der Waals surface area contributed by atoms with Gasteiger partial charge in [-0.05, 0) is 23.1 Å². The van der Waals surface area contributed by atoms with E-state index in [9.17, 15) is 4.79 Å². The molecular weight excluding hydrogens is 266 g/mol. The standard InChI is InChI=1S/C15H21N5O/c1-15(2,3)13(16)14(21)19-12-8-18-20(10-12)9-11-4-6-17-7-5-11/h4-8,10,13H,9,16H2,1-3H3,(H,19,21)/t13-/m1/s1. The van der Waals surface area contributed by atoms with E-state index in [1.807, 2.05) is 32.9 Å². The number of carbonyl (C=O) groups is 1. The molecule has 0 saturated carbocycles. The summed E-state index contributed by atoms with van der Waals surface area (Å²) in [5, 5.41) is 7.02. The molecule has 0 unspecified atom stereocenters. The van der Waals surface area contributed by atoms with Crippen molar-refractivity contribution in [3.8, 4) is 0 Å². The van der Waals surface area contributed by atoms with Gasteiger partial charge in [0.2, 0.25) is 5.91 Å².